The number of carbonyl (C=O) groups is 2. The third-order valence-corrected chi connectivity index (χ3v) is 4.85. The summed E-state index contributed by atoms with van der Waals surface area (Å²) in [6.07, 6.45) is 0.155. The second-order valence-corrected chi connectivity index (χ2v) is 6.78. The zero-order valence-corrected chi connectivity index (χ0v) is 16.1. The second-order valence-electron chi connectivity index (χ2n) is 6.78. The van der Waals surface area contributed by atoms with Crippen molar-refractivity contribution in [1.82, 2.24) is 4.90 Å². The Kier molecular flexibility index (Phi) is 5.48. The monoisotopic (exact) mass is 394 g/mol. The number of ether oxygens (including phenoxy) is 2. The molecule has 1 aromatic heterocycles. The molecule has 1 N–H and O–H groups in total. The van der Waals surface area contributed by atoms with Crippen LogP contribution in [0.4, 0.5) is 5.69 Å². The van der Waals surface area contributed by atoms with Gasteiger partial charge in [0.15, 0.2) is 0 Å². The van der Waals surface area contributed by atoms with Crippen molar-refractivity contribution in [3.05, 3.63) is 59.9 Å². The predicted molar refractivity (Wildman–Crippen MR) is 108 cm³/mol. The van der Waals surface area contributed by atoms with E-state index in [-0.39, 0.29) is 24.0 Å². The minimum atomic E-state index is -0.249. The lowest BCUT2D eigenvalue weighted by Gasteiger charge is -2.26. The number of nitrogens with zero attached hydrogens (tertiary/aromatic N) is 1. The standard InChI is InChI=1S/C22H22N2O5/c1-27-16-6-4-5-15(13-16)14-19(25)23-20-17-7-2-3-8-18(17)29-21(20)22(26)24-9-11-28-12-10-24/h2-8,13H,9-12,14H2,1H3,(H,23,25). The van der Waals surface area contributed by atoms with Gasteiger partial charge in [0.2, 0.25) is 11.7 Å². The van der Waals surface area contributed by atoms with E-state index in [1.165, 1.54) is 0 Å². The van der Waals surface area contributed by atoms with Crippen molar-refractivity contribution in [2.24, 2.45) is 0 Å². The molecule has 7 nitrogen and oxygen atoms in total. The van der Waals surface area contributed by atoms with Gasteiger partial charge in [-0.3, -0.25) is 9.59 Å². The molecule has 1 fully saturated rings. The SMILES string of the molecule is COc1cccc(CC(=O)Nc2c(C(=O)N3CCOCC3)oc3ccccc23)c1. The Bertz CT molecular complexity index is 1040. The van der Waals surface area contributed by atoms with E-state index in [0.717, 1.165) is 5.56 Å². The van der Waals surface area contributed by atoms with Gasteiger partial charge in [-0.2, -0.15) is 0 Å². The minimum absolute atomic E-state index is 0.145. The molecule has 1 aliphatic heterocycles. The third kappa shape index (κ3) is 4.09. The molecule has 2 amide bonds. The number of rotatable bonds is 5. The van der Waals surface area contributed by atoms with Crippen molar-refractivity contribution >= 4 is 28.5 Å². The molecule has 0 aliphatic carbocycles. The average Bonchev–Trinajstić information content (AvgIpc) is 3.12. The summed E-state index contributed by atoms with van der Waals surface area (Å²) in [5, 5.41) is 3.58. The van der Waals surface area contributed by atoms with Gasteiger partial charge in [-0.05, 0) is 29.8 Å². The lowest BCUT2D eigenvalue weighted by atomic mass is 10.1. The number of carbonyl (C=O) groups excluding carboxylic acids is 2. The number of amides is 2. The normalized spacial score (nSPS) is 14.0. The summed E-state index contributed by atoms with van der Waals surface area (Å²) in [5.41, 5.74) is 1.78. The number of hydrogen-bond donors (Lipinski definition) is 1. The number of benzene rings is 2. The first-order chi connectivity index (χ1) is 14.2. The molecule has 4 rings (SSSR count). The molecule has 3 aromatic rings. The van der Waals surface area contributed by atoms with Gasteiger partial charge in [0, 0.05) is 18.5 Å². The summed E-state index contributed by atoms with van der Waals surface area (Å²) in [6, 6.07) is 14.6. The molecule has 0 saturated carbocycles. The fraction of sp³-hybridized carbons (Fsp3) is 0.273. The highest BCUT2D eigenvalue weighted by molar-refractivity contribution is 6.11. The quantitative estimate of drug-likeness (QED) is 0.719. The van der Waals surface area contributed by atoms with Gasteiger partial charge in [-0.15, -0.1) is 0 Å². The average molecular weight is 394 g/mol. The number of methoxy groups -OCH3 is 1. The number of furan rings is 1. The van der Waals surface area contributed by atoms with Crippen LogP contribution in [0.25, 0.3) is 11.0 Å². The van der Waals surface area contributed by atoms with Crippen LogP contribution < -0.4 is 10.1 Å². The van der Waals surface area contributed by atoms with Crippen LogP contribution in [0.3, 0.4) is 0 Å². The molecule has 29 heavy (non-hydrogen) atoms. The summed E-state index contributed by atoms with van der Waals surface area (Å²) < 4.78 is 16.4. The number of morpholine rings is 1. The van der Waals surface area contributed by atoms with Crippen molar-refractivity contribution in [2.75, 3.05) is 38.7 Å². The van der Waals surface area contributed by atoms with Crippen molar-refractivity contribution in [3.63, 3.8) is 0 Å². The summed E-state index contributed by atoms with van der Waals surface area (Å²) >= 11 is 0. The van der Waals surface area contributed by atoms with Crippen molar-refractivity contribution in [2.45, 2.75) is 6.42 Å². The van der Waals surface area contributed by atoms with E-state index in [0.29, 0.717) is 48.7 Å². The maximum absolute atomic E-state index is 13.0. The van der Waals surface area contributed by atoms with E-state index in [2.05, 4.69) is 5.32 Å². The van der Waals surface area contributed by atoms with E-state index >= 15 is 0 Å². The Morgan fingerprint density at radius 2 is 1.90 bits per heavy atom. The van der Waals surface area contributed by atoms with E-state index in [1.807, 2.05) is 42.5 Å². The fourth-order valence-corrected chi connectivity index (χ4v) is 3.38. The summed E-state index contributed by atoms with van der Waals surface area (Å²) in [7, 11) is 1.58. The van der Waals surface area contributed by atoms with Gasteiger partial charge >= 0.3 is 0 Å². The topological polar surface area (TPSA) is 81.0 Å². The van der Waals surface area contributed by atoms with Crippen molar-refractivity contribution in [1.29, 1.82) is 0 Å². The van der Waals surface area contributed by atoms with Crippen molar-refractivity contribution in [3.8, 4) is 5.75 Å². The highest BCUT2D eigenvalue weighted by Gasteiger charge is 2.27. The molecule has 0 spiro atoms. The maximum Gasteiger partial charge on any atom is 0.291 e. The molecule has 150 valence electrons. The largest absolute Gasteiger partial charge is 0.497 e. The second kappa shape index (κ2) is 8.36. The van der Waals surface area contributed by atoms with Gasteiger partial charge in [-0.1, -0.05) is 24.3 Å². The highest BCUT2D eigenvalue weighted by atomic mass is 16.5. The molecule has 7 heteroatoms. The predicted octanol–water partition coefficient (Wildman–Crippen LogP) is 3.10. The first-order valence-electron chi connectivity index (χ1n) is 9.47. The lowest BCUT2D eigenvalue weighted by molar-refractivity contribution is -0.115. The molecule has 2 heterocycles. The molecule has 1 aliphatic rings. The highest BCUT2D eigenvalue weighted by Crippen LogP contribution is 2.32. The Hall–Kier alpha value is -3.32. The van der Waals surface area contributed by atoms with Gasteiger partial charge in [-0.25, -0.2) is 0 Å². The van der Waals surface area contributed by atoms with E-state index in [9.17, 15) is 9.59 Å². The van der Waals surface area contributed by atoms with Gasteiger partial charge in [0.05, 0.1) is 26.7 Å². The molecule has 1 saturated heterocycles. The molecular weight excluding hydrogens is 372 g/mol. The first kappa shape index (κ1) is 19.0. The minimum Gasteiger partial charge on any atom is -0.497 e. The molecule has 0 atom stereocenters. The molecule has 0 bridgehead atoms. The van der Waals surface area contributed by atoms with Gasteiger partial charge in [0.1, 0.15) is 17.0 Å². The number of nitrogens with one attached hydrogen (secondary N) is 1. The van der Waals surface area contributed by atoms with Crippen molar-refractivity contribution < 1.29 is 23.5 Å². The first-order valence-corrected chi connectivity index (χ1v) is 9.47. The number of hydrogen-bond acceptors (Lipinski definition) is 5. The van der Waals surface area contributed by atoms with E-state index < -0.39 is 0 Å². The molecule has 0 unspecified atom stereocenters. The van der Waals surface area contributed by atoms with Crippen LogP contribution in [0.1, 0.15) is 16.1 Å². The Balaban J connectivity index is 1.61. The number of anilines is 1. The Labute approximate surface area is 168 Å². The van der Waals surface area contributed by atoms with E-state index in [1.54, 1.807) is 18.1 Å². The number of para-hydroxylation sites is 1. The summed E-state index contributed by atoms with van der Waals surface area (Å²) in [4.78, 5) is 27.4. The third-order valence-electron chi connectivity index (χ3n) is 4.85. The number of fused-ring (bicyclic) bond motifs is 1. The van der Waals surface area contributed by atoms with Crippen LogP contribution in [-0.2, 0) is 16.0 Å². The molecule has 2 aromatic carbocycles. The van der Waals surface area contributed by atoms with Crippen LogP contribution in [0.5, 0.6) is 5.75 Å². The zero-order valence-electron chi connectivity index (χ0n) is 16.1. The fourth-order valence-electron chi connectivity index (χ4n) is 3.38. The van der Waals surface area contributed by atoms with Crippen LogP contribution >= 0.6 is 0 Å². The molecule has 0 radical (unpaired) electrons. The Morgan fingerprint density at radius 1 is 1.10 bits per heavy atom. The van der Waals surface area contributed by atoms with Crippen LogP contribution in [0.15, 0.2) is 52.9 Å². The zero-order chi connectivity index (χ0) is 20.2. The summed E-state index contributed by atoms with van der Waals surface area (Å²) in [6.45, 7) is 1.97. The van der Waals surface area contributed by atoms with Gasteiger partial charge in [0.25, 0.3) is 5.91 Å². The van der Waals surface area contributed by atoms with Gasteiger partial charge < -0.3 is 24.1 Å². The van der Waals surface area contributed by atoms with Crippen LogP contribution in [0.2, 0.25) is 0 Å². The smallest absolute Gasteiger partial charge is 0.291 e. The molecular formula is C22H22N2O5. The lowest BCUT2D eigenvalue weighted by Crippen LogP contribution is -2.40. The Morgan fingerprint density at radius 3 is 2.69 bits per heavy atom. The van der Waals surface area contributed by atoms with Crippen LogP contribution in [-0.4, -0.2) is 50.1 Å². The maximum atomic E-state index is 13.0. The van der Waals surface area contributed by atoms with Crippen LogP contribution in [0, 0.1) is 0 Å². The van der Waals surface area contributed by atoms with E-state index in [4.69, 9.17) is 13.9 Å². The summed E-state index contributed by atoms with van der Waals surface area (Å²) in [5.74, 6) is 0.348.